The molecule has 0 radical (unpaired) electrons. The predicted octanol–water partition coefficient (Wildman–Crippen LogP) is 6.62. The van der Waals surface area contributed by atoms with Crippen LogP contribution in [0.4, 0.5) is 10.1 Å². The van der Waals surface area contributed by atoms with Crippen LogP contribution in [-0.2, 0) is 0 Å². The fraction of sp³-hybridized carbons (Fsp3) is 0. The average Bonchev–Trinajstić information content (AvgIpc) is 3.62. The fourth-order valence-electron chi connectivity index (χ4n) is 4.80. The monoisotopic (exact) mass is 525 g/mol. The van der Waals surface area contributed by atoms with E-state index in [1.165, 1.54) is 6.07 Å². The van der Waals surface area contributed by atoms with Crippen LogP contribution in [0.3, 0.4) is 0 Å². The summed E-state index contributed by atoms with van der Waals surface area (Å²) in [6.45, 7) is 0. The van der Waals surface area contributed by atoms with Crippen molar-refractivity contribution in [3.8, 4) is 33.6 Å². The van der Waals surface area contributed by atoms with Crippen LogP contribution in [-0.4, -0.2) is 36.0 Å². The van der Waals surface area contributed by atoms with E-state index < -0.39 is 0 Å². The topological polar surface area (TPSA) is 112 Å². The Labute approximate surface area is 227 Å². The van der Waals surface area contributed by atoms with Gasteiger partial charge < -0.3 is 10.3 Å². The molecule has 9 heteroatoms. The molecule has 8 nitrogen and oxygen atoms in total. The van der Waals surface area contributed by atoms with Crippen molar-refractivity contribution in [2.45, 2.75) is 0 Å². The molecule has 7 aromatic rings. The second-order valence-corrected chi connectivity index (χ2v) is 9.29. The van der Waals surface area contributed by atoms with Crippen molar-refractivity contribution in [2.24, 2.45) is 0 Å². The maximum Gasteiger partial charge on any atom is 0.255 e. The number of carbonyl (C=O) groups is 1. The van der Waals surface area contributed by atoms with Crippen molar-refractivity contribution in [2.75, 3.05) is 5.32 Å². The van der Waals surface area contributed by atoms with Crippen molar-refractivity contribution in [3.63, 3.8) is 0 Å². The molecule has 0 aliphatic carbocycles. The minimum atomic E-state index is -0.311. The van der Waals surface area contributed by atoms with Gasteiger partial charge in [-0.2, -0.15) is 5.10 Å². The van der Waals surface area contributed by atoms with Gasteiger partial charge in [-0.25, -0.2) is 9.37 Å². The summed E-state index contributed by atoms with van der Waals surface area (Å²) in [5.74, 6) is -0.525. The van der Waals surface area contributed by atoms with Gasteiger partial charge in [0.15, 0.2) is 5.65 Å². The minimum absolute atomic E-state index is 0.215. The maximum atomic E-state index is 14.6. The van der Waals surface area contributed by atoms with E-state index in [0.29, 0.717) is 33.7 Å². The van der Waals surface area contributed by atoms with Crippen molar-refractivity contribution in [1.29, 1.82) is 0 Å². The largest absolute Gasteiger partial charge is 0.352 e. The molecule has 7 rings (SSSR count). The van der Waals surface area contributed by atoms with Gasteiger partial charge in [0.2, 0.25) is 0 Å². The highest BCUT2D eigenvalue weighted by atomic mass is 19.1. The van der Waals surface area contributed by atoms with Crippen LogP contribution in [0.1, 0.15) is 10.4 Å². The van der Waals surface area contributed by atoms with Crippen molar-refractivity contribution >= 4 is 33.5 Å². The number of nitrogens with zero attached hydrogens (tertiary/aromatic N) is 4. The van der Waals surface area contributed by atoms with Gasteiger partial charge in [-0.3, -0.25) is 19.9 Å². The van der Waals surface area contributed by atoms with Gasteiger partial charge >= 0.3 is 0 Å². The zero-order chi connectivity index (χ0) is 27.1. The molecule has 0 aliphatic rings. The summed E-state index contributed by atoms with van der Waals surface area (Å²) in [5.41, 5.74) is 6.69. The third kappa shape index (κ3) is 4.15. The maximum absolute atomic E-state index is 14.6. The molecule has 0 saturated heterocycles. The lowest BCUT2D eigenvalue weighted by Gasteiger charge is -2.07. The number of hydrogen-bond donors (Lipinski definition) is 3. The Morgan fingerprint density at radius 1 is 0.775 bits per heavy atom. The van der Waals surface area contributed by atoms with Gasteiger partial charge in [-0.15, -0.1) is 0 Å². The smallest absolute Gasteiger partial charge is 0.255 e. The molecule has 0 bridgehead atoms. The lowest BCUT2D eigenvalue weighted by molar-refractivity contribution is 0.102. The van der Waals surface area contributed by atoms with E-state index in [9.17, 15) is 9.18 Å². The molecular weight excluding hydrogens is 505 g/mol. The minimum Gasteiger partial charge on any atom is -0.352 e. The summed E-state index contributed by atoms with van der Waals surface area (Å²) in [4.78, 5) is 29.2. The number of amides is 1. The Hall–Kier alpha value is -5.70. The van der Waals surface area contributed by atoms with Crippen LogP contribution in [0.2, 0.25) is 0 Å². The number of anilines is 1. The van der Waals surface area contributed by atoms with E-state index in [1.54, 1.807) is 61.3 Å². The number of carbonyl (C=O) groups excluding carboxylic acids is 1. The summed E-state index contributed by atoms with van der Waals surface area (Å²) in [6, 6.07) is 21.4. The predicted molar refractivity (Wildman–Crippen MR) is 152 cm³/mol. The van der Waals surface area contributed by atoms with Crippen molar-refractivity contribution in [1.82, 2.24) is 30.1 Å². The third-order valence-electron chi connectivity index (χ3n) is 6.75. The molecule has 2 aromatic carbocycles. The van der Waals surface area contributed by atoms with Crippen LogP contribution in [0.25, 0.3) is 55.6 Å². The number of halogens is 1. The van der Waals surface area contributed by atoms with E-state index in [1.807, 2.05) is 36.4 Å². The molecule has 0 spiro atoms. The van der Waals surface area contributed by atoms with E-state index in [0.717, 1.165) is 33.1 Å². The third-order valence-corrected chi connectivity index (χ3v) is 6.75. The number of pyridine rings is 3. The second kappa shape index (κ2) is 9.55. The Morgan fingerprint density at radius 2 is 1.57 bits per heavy atom. The lowest BCUT2D eigenvalue weighted by Crippen LogP contribution is -2.11. The first kappa shape index (κ1) is 23.4. The second-order valence-electron chi connectivity index (χ2n) is 9.29. The number of aromatic amines is 2. The van der Waals surface area contributed by atoms with Crippen LogP contribution in [0, 0.1) is 5.82 Å². The summed E-state index contributed by atoms with van der Waals surface area (Å²) >= 11 is 0. The summed E-state index contributed by atoms with van der Waals surface area (Å²) in [7, 11) is 0. The number of H-pyrrole nitrogens is 2. The summed E-state index contributed by atoms with van der Waals surface area (Å²) in [6.07, 6.45) is 8.43. The highest BCUT2D eigenvalue weighted by Crippen LogP contribution is 2.35. The van der Waals surface area contributed by atoms with Crippen molar-refractivity contribution < 1.29 is 9.18 Å². The number of rotatable bonds is 5. The molecule has 5 heterocycles. The fourth-order valence-corrected chi connectivity index (χ4v) is 4.80. The average molecular weight is 526 g/mol. The zero-order valence-electron chi connectivity index (χ0n) is 20.9. The first-order valence-corrected chi connectivity index (χ1v) is 12.5. The number of benzene rings is 2. The normalized spacial score (nSPS) is 11.2. The van der Waals surface area contributed by atoms with E-state index >= 15 is 0 Å². The molecule has 0 saturated carbocycles. The molecule has 0 fully saturated rings. The highest BCUT2D eigenvalue weighted by Gasteiger charge is 2.17. The first-order chi connectivity index (χ1) is 19.6. The first-order valence-electron chi connectivity index (χ1n) is 12.5. The summed E-state index contributed by atoms with van der Waals surface area (Å²) < 4.78 is 14.6. The molecule has 3 N–H and O–H groups in total. The molecule has 0 atom stereocenters. The zero-order valence-corrected chi connectivity index (χ0v) is 20.9. The number of nitrogens with one attached hydrogen (secondary N) is 3. The van der Waals surface area contributed by atoms with Crippen LogP contribution in [0.15, 0.2) is 104 Å². The number of aromatic nitrogens is 6. The molecule has 192 valence electrons. The standard InChI is InChI=1S/C31H20FN7O/c32-26-9-5-4-8-22(26)25-16-34-17-28-23(25)12-27(37-28)29-24-11-20(14-35-30(24)39-38-29)19-10-21(15-33-13-19)36-31(40)18-6-2-1-3-7-18/h1-17,37H,(H,36,40)(H,35,38,39). The quantitative estimate of drug-likeness (QED) is 0.234. The van der Waals surface area contributed by atoms with E-state index in [-0.39, 0.29) is 11.7 Å². The van der Waals surface area contributed by atoms with E-state index in [4.69, 9.17) is 0 Å². The molecule has 0 unspecified atom stereocenters. The van der Waals surface area contributed by atoms with Gasteiger partial charge in [0.1, 0.15) is 11.5 Å². The Kier molecular flexibility index (Phi) is 5.59. The molecule has 1 amide bonds. The van der Waals surface area contributed by atoms with Gasteiger partial charge in [0.05, 0.1) is 29.3 Å². The molecule has 40 heavy (non-hydrogen) atoms. The SMILES string of the molecule is O=C(Nc1cncc(-c2cnc3[nH]nc(-c4cc5c(-c6ccccc6F)cncc5[nH]4)c3c2)c1)c1ccccc1. The number of fused-ring (bicyclic) bond motifs is 2. The highest BCUT2D eigenvalue weighted by molar-refractivity contribution is 6.04. The van der Waals surface area contributed by atoms with Gasteiger partial charge in [0, 0.05) is 57.2 Å². The van der Waals surface area contributed by atoms with Crippen molar-refractivity contribution in [3.05, 3.63) is 115 Å². The Bertz CT molecular complexity index is 2030. The van der Waals surface area contributed by atoms with Gasteiger partial charge in [-0.1, -0.05) is 36.4 Å². The van der Waals surface area contributed by atoms with Gasteiger partial charge in [-0.05, 0) is 36.4 Å². The van der Waals surface area contributed by atoms with Crippen LogP contribution >= 0.6 is 0 Å². The van der Waals surface area contributed by atoms with Crippen LogP contribution in [0.5, 0.6) is 0 Å². The lowest BCUT2D eigenvalue weighted by atomic mass is 10.0. The molecule has 0 aliphatic heterocycles. The summed E-state index contributed by atoms with van der Waals surface area (Å²) in [5, 5.41) is 12.0. The van der Waals surface area contributed by atoms with Crippen LogP contribution < -0.4 is 5.32 Å². The number of hydrogen-bond acceptors (Lipinski definition) is 5. The molecular formula is C31H20FN7O. The van der Waals surface area contributed by atoms with E-state index in [2.05, 4.69) is 35.5 Å². The van der Waals surface area contributed by atoms with Gasteiger partial charge in [0.25, 0.3) is 5.91 Å². The Morgan fingerprint density at radius 3 is 2.45 bits per heavy atom. The molecule has 5 aromatic heterocycles. The Balaban J connectivity index is 1.26.